The predicted molar refractivity (Wildman–Crippen MR) is 75.3 cm³/mol. The first-order valence-electron chi connectivity index (χ1n) is 5.94. The normalized spacial score (nSPS) is 13.6. The minimum atomic E-state index is 0.0468. The van der Waals surface area contributed by atoms with Crippen LogP contribution in [0.2, 0.25) is 5.02 Å². The monoisotopic (exact) mass is 273 g/mol. The van der Waals surface area contributed by atoms with Crippen LogP contribution >= 0.6 is 11.6 Å². The van der Waals surface area contributed by atoms with Gasteiger partial charge >= 0.3 is 0 Å². The van der Waals surface area contributed by atoms with E-state index in [0.717, 1.165) is 22.7 Å². The molecule has 2 aromatic carbocycles. The van der Waals surface area contributed by atoms with E-state index >= 15 is 0 Å². The van der Waals surface area contributed by atoms with Gasteiger partial charge in [-0.05, 0) is 29.8 Å². The highest BCUT2D eigenvalue weighted by molar-refractivity contribution is 6.31. The number of benzene rings is 2. The molecule has 0 saturated carbocycles. The molecular formula is C15H12ClNO2. The van der Waals surface area contributed by atoms with Crippen LogP contribution in [0.25, 0.3) is 0 Å². The van der Waals surface area contributed by atoms with Gasteiger partial charge in [0.1, 0.15) is 5.75 Å². The molecule has 1 amide bonds. The van der Waals surface area contributed by atoms with Crippen molar-refractivity contribution in [3.63, 3.8) is 0 Å². The molecule has 0 aromatic heterocycles. The molecule has 0 bridgehead atoms. The van der Waals surface area contributed by atoms with Gasteiger partial charge in [0.25, 0.3) is 0 Å². The lowest BCUT2D eigenvalue weighted by Crippen LogP contribution is -2.20. The van der Waals surface area contributed by atoms with Gasteiger partial charge in [-0.15, -0.1) is 0 Å². The van der Waals surface area contributed by atoms with E-state index in [-0.39, 0.29) is 5.91 Å². The summed E-state index contributed by atoms with van der Waals surface area (Å²) in [7, 11) is 1.61. The summed E-state index contributed by atoms with van der Waals surface area (Å²) in [4.78, 5) is 13.9. The Balaban J connectivity index is 2.11. The fourth-order valence-corrected chi connectivity index (χ4v) is 2.49. The Morgan fingerprint density at radius 2 is 2.05 bits per heavy atom. The second-order valence-corrected chi connectivity index (χ2v) is 4.82. The number of hydrogen-bond donors (Lipinski definition) is 0. The summed E-state index contributed by atoms with van der Waals surface area (Å²) in [5.74, 6) is 0.783. The molecule has 0 aliphatic carbocycles. The number of carbonyl (C=O) groups is 1. The topological polar surface area (TPSA) is 29.5 Å². The zero-order valence-electron chi connectivity index (χ0n) is 10.4. The van der Waals surface area contributed by atoms with E-state index in [0.29, 0.717) is 11.4 Å². The molecular weight excluding hydrogens is 262 g/mol. The van der Waals surface area contributed by atoms with E-state index in [1.54, 1.807) is 24.1 Å². The van der Waals surface area contributed by atoms with Crippen LogP contribution in [0.4, 0.5) is 11.4 Å². The number of halogens is 1. The number of methoxy groups -OCH3 is 1. The van der Waals surface area contributed by atoms with Crippen LogP contribution in [0, 0.1) is 0 Å². The van der Waals surface area contributed by atoms with Crippen molar-refractivity contribution in [3.8, 4) is 5.75 Å². The van der Waals surface area contributed by atoms with E-state index in [1.165, 1.54) is 0 Å². The first-order valence-corrected chi connectivity index (χ1v) is 6.32. The molecule has 3 rings (SSSR count). The van der Waals surface area contributed by atoms with Gasteiger partial charge in [0.15, 0.2) is 0 Å². The van der Waals surface area contributed by atoms with Gasteiger partial charge in [-0.3, -0.25) is 9.69 Å². The summed E-state index contributed by atoms with van der Waals surface area (Å²) in [5, 5.41) is 0.613. The quantitative estimate of drug-likeness (QED) is 0.837. The predicted octanol–water partition coefficient (Wildman–Crippen LogP) is 3.57. The van der Waals surface area contributed by atoms with Gasteiger partial charge in [-0.25, -0.2) is 0 Å². The molecule has 0 unspecified atom stereocenters. The lowest BCUT2D eigenvalue weighted by Gasteiger charge is -2.18. The zero-order chi connectivity index (χ0) is 13.4. The minimum Gasteiger partial charge on any atom is -0.497 e. The summed E-state index contributed by atoms with van der Waals surface area (Å²) in [6.07, 6.45) is 0.409. The summed E-state index contributed by atoms with van der Waals surface area (Å²) in [6.45, 7) is 0. The number of anilines is 2. The van der Waals surface area contributed by atoms with Crippen LogP contribution in [0.5, 0.6) is 5.75 Å². The third kappa shape index (κ3) is 2.06. The maximum atomic E-state index is 12.2. The van der Waals surface area contributed by atoms with Crippen molar-refractivity contribution in [2.45, 2.75) is 6.42 Å². The average Bonchev–Trinajstić information content (AvgIpc) is 2.73. The zero-order valence-corrected chi connectivity index (χ0v) is 11.1. The molecule has 1 aliphatic rings. The van der Waals surface area contributed by atoms with Crippen LogP contribution in [-0.4, -0.2) is 13.0 Å². The van der Waals surface area contributed by atoms with Gasteiger partial charge in [0.05, 0.1) is 24.9 Å². The Hall–Kier alpha value is -2.00. The molecule has 0 radical (unpaired) electrons. The molecule has 1 aliphatic heterocycles. The highest BCUT2D eigenvalue weighted by Crippen LogP contribution is 2.38. The highest BCUT2D eigenvalue weighted by Gasteiger charge is 2.28. The van der Waals surface area contributed by atoms with E-state index < -0.39 is 0 Å². The maximum absolute atomic E-state index is 12.2. The van der Waals surface area contributed by atoms with Gasteiger partial charge in [-0.2, -0.15) is 0 Å². The second kappa shape index (κ2) is 4.59. The number of rotatable bonds is 2. The Kier molecular flexibility index (Phi) is 2.91. The molecule has 0 spiro atoms. The van der Waals surface area contributed by atoms with Crippen molar-refractivity contribution in [3.05, 3.63) is 53.1 Å². The number of nitrogens with zero attached hydrogens (tertiary/aromatic N) is 1. The molecule has 19 heavy (non-hydrogen) atoms. The van der Waals surface area contributed by atoms with E-state index in [1.807, 2.05) is 30.3 Å². The van der Waals surface area contributed by atoms with Crippen molar-refractivity contribution in [1.82, 2.24) is 0 Å². The average molecular weight is 274 g/mol. The number of carbonyl (C=O) groups excluding carboxylic acids is 1. The number of fused-ring (bicyclic) bond motifs is 1. The van der Waals surface area contributed by atoms with Crippen molar-refractivity contribution in [2.24, 2.45) is 0 Å². The fraction of sp³-hybridized carbons (Fsp3) is 0.133. The second-order valence-electron chi connectivity index (χ2n) is 4.38. The maximum Gasteiger partial charge on any atom is 0.236 e. The molecule has 3 nitrogen and oxygen atoms in total. The number of amides is 1. The Morgan fingerprint density at radius 1 is 1.21 bits per heavy atom. The van der Waals surface area contributed by atoms with Crippen LogP contribution in [0.3, 0.4) is 0 Å². The van der Waals surface area contributed by atoms with Crippen molar-refractivity contribution in [1.29, 1.82) is 0 Å². The van der Waals surface area contributed by atoms with Gasteiger partial charge in [0.2, 0.25) is 5.91 Å². The largest absolute Gasteiger partial charge is 0.497 e. The molecule has 0 N–H and O–H groups in total. The lowest BCUT2D eigenvalue weighted by atomic mass is 10.1. The Bertz CT molecular complexity index is 654. The first-order chi connectivity index (χ1) is 9.19. The summed E-state index contributed by atoms with van der Waals surface area (Å²) in [5.41, 5.74) is 2.65. The Labute approximate surface area is 116 Å². The third-order valence-corrected chi connectivity index (χ3v) is 3.43. The fourth-order valence-electron chi connectivity index (χ4n) is 2.30. The van der Waals surface area contributed by atoms with Crippen molar-refractivity contribution >= 4 is 28.9 Å². The van der Waals surface area contributed by atoms with Crippen molar-refractivity contribution in [2.75, 3.05) is 12.0 Å². The van der Waals surface area contributed by atoms with E-state index in [4.69, 9.17) is 16.3 Å². The third-order valence-electron chi connectivity index (χ3n) is 3.19. The molecule has 1 heterocycles. The lowest BCUT2D eigenvalue weighted by molar-refractivity contribution is -0.116. The number of hydrogen-bond acceptors (Lipinski definition) is 2. The smallest absolute Gasteiger partial charge is 0.236 e. The van der Waals surface area contributed by atoms with Gasteiger partial charge in [0, 0.05) is 11.1 Å². The summed E-state index contributed by atoms with van der Waals surface area (Å²) < 4.78 is 5.22. The first kappa shape index (κ1) is 12.1. The molecule has 4 heteroatoms. The number of ether oxygens (including phenoxy) is 1. The standard InChI is InChI=1S/C15H12ClNO2/c1-19-13-6-5-10-7-15(18)17(14(10)9-13)12-4-2-3-11(16)8-12/h2-6,8-9H,7H2,1H3. The summed E-state index contributed by atoms with van der Waals surface area (Å²) in [6, 6.07) is 13.0. The molecule has 0 fully saturated rings. The van der Waals surface area contributed by atoms with E-state index in [2.05, 4.69) is 0 Å². The molecule has 0 saturated heterocycles. The van der Waals surface area contributed by atoms with Crippen LogP contribution in [0.1, 0.15) is 5.56 Å². The highest BCUT2D eigenvalue weighted by atomic mass is 35.5. The SMILES string of the molecule is COc1ccc2c(c1)N(c1cccc(Cl)c1)C(=O)C2. The summed E-state index contributed by atoms with van der Waals surface area (Å²) >= 11 is 5.99. The van der Waals surface area contributed by atoms with Crippen LogP contribution < -0.4 is 9.64 Å². The minimum absolute atomic E-state index is 0.0468. The van der Waals surface area contributed by atoms with Crippen molar-refractivity contribution < 1.29 is 9.53 Å². The van der Waals surface area contributed by atoms with Gasteiger partial charge < -0.3 is 4.74 Å². The van der Waals surface area contributed by atoms with Gasteiger partial charge in [-0.1, -0.05) is 23.7 Å². The molecule has 0 atom stereocenters. The molecule has 96 valence electrons. The van der Waals surface area contributed by atoms with Crippen LogP contribution in [0.15, 0.2) is 42.5 Å². The van der Waals surface area contributed by atoms with Crippen LogP contribution in [-0.2, 0) is 11.2 Å². The molecule has 2 aromatic rings. The van der Waals surface area contributed by atoms with E-state index in [9.17, 15) is 4.79 Å². The Morgan fingerprint density at radius 3 is 2.79 bits per heavy atom.